The standard InChI is InChI=1S/C17H24BClN2O2/c1-10(2)21-11(3)20-14-9-13(19)12(8-15(14)21)18-22-16(4,5)17(6,7)23-18/h8-10H,1-7H3. The van der Waals surface area contributed by atoms with E-state index in [1.807, 2.05) is 40.7 Å². The highest BCUT2D eigenvalue weighted by atomic mass is 35.5. The predicted octanol–water partition coefficient (Wildman–Crippen LogP) is 3.88. The molecule has 0 N–H and O–H groups in total. The van der Waals surface area contributed by atoms with Gasteiger partial charge in [0.15, 0.2) is 0 Å². The van der Waals surface area contributed by atoms with Gasteiger partial charge in [-0.2, -0.15) is 0 Å². The van der Waals surface area contributed by atoms with Gasteiger partial charge in [0.05, 0.1) is 22.2 Å². The van der Waals surface area contributed by atoms with Gasteiger partial charge in [0, 0.05) is 16.5 Å². The fourth-order valence-corrected chi connectivity index (χ4v) is 3.30. The average molecular weight is 335 g/mol. The molecule has 124 valence electrons. The summed E-state index contributed by atoms with van der Waals surface area (Å²) in [5.41, 5.74) is 2.06. The van der Waals surface area contributed by atoms with Crippen LogP contribution in [0.3, 0.4) is 0 Å². The van der Waals surface area contributed by atoms with Crippen molar-refractivity contribution in [3.05, 3.63) is 23.0 Å². The summed E-state index contributed by atoms with van der Waals surface area (Å²) >= 11 is 6.50. The molecule has 2 heterocycles. The molecule has 0 unspecified atom stereocenters. The van der Waals surface area contributed by atoms with Gasteiger partial charge in [-0.15, -0.1) is 0 Å². The normalized spacial score (nSPS) is 20.0. The Morgan fingerprint density at radius 2 is 1.70 bits per heavy atom. The van der Waals surface area contributed by atoms with Crippen LogP contribution in [0.4, 0.5) is 0 Å². The van der Waals surface area contributed by atoms with Gasteiger partial charge in [-0.3, -0.25) is 0 Å². The number of nitrogens with zero attached hydrogens (tertiary/aromatic N) is 2. The monoisotopic (exact) mass is 334 g/mol. The summed E-state index contributed by atoms with van der Waals surface area (Å²) in [5.74, 6) is 0.983. The van der Waals surface area contributed by atoms with E-state index in [0.29, 0.717) is 11.1 Å². The van der Waals surface area contributed by atoms with Crippen molar-refractivity contribution in [2.45, 2.75) is 65.7 Å². The Morgan fingerprint density at radius 3 is 2.22 bits per heavy atom. The van der Waals surface area contributed by atoms with Gasteiger partial charge in [-0.1, -0.05) is 11.6 Å². The van der Waals surface area contributed by atoms with Gasteiger partial charge in [-0.25, -0.2) is 4.98 Å². The first kappa shape index (κ1) is 16.8. The van der Waals surface area contributed by atoms with Crippen molar-refractivity contribution < 1.29 is 9.31 Å². The molecule has 1 aromatic heterocycles. The number of aryl methyl sites for hydroxylation is 1. The second kappa shape index (κ2) is 5.23. The van der Waals surface area contributed by atoms with Crippen LogP contribution in [0.2, 0.25) is 5.02 Å². The SMILES string of the molecule is Cc1nc2cc(Cl)c(B3OC(C)(C)C(C)(C)O3)cc2n1C(C)C. The van der Waals surface area contributed by atoms with Gasteiger partial charge < -0.3 is 13.9 Å². The lowest BCUT2D eigenvalue weighted by molar-refractivity contribution is 0.00578. The van der Waals surface area contributed by atoms with Crippen LogP contribution in [-0.4, -0.2) is 27.9 Å². The maximum absolute atomic E-state index is 6.50. The fraction of sp³-hybridized carbons (Fsp3) is 0.588. The molecule has 23 heavy (non-hydrogen) atoms. The van der Waals surface area contributed by atoms with Crippen LogP contribution < -0.4 is 5.46 Å². The molecular weight excluding hydrogens is 310 g/mol. The minimum atomic E-state index is -0.465. The van der Waals surface area contributed by atoms with Crippen molar-refractivity contribution in [3.63, 3.8) is 0 Å². The third-order valence-corrected chi connectivity index (χ3v) is 5.34. The summed E-state index contributed by atoms with van der Waals surface area (Å²) in [6.45, 7) is 14.5. The molecule has 2 aromatic rings. The average Bonchev–Trinajstić information content (AvgIpc) is 2.81. The van der Waals surface area contributed by atoms with Crippen LogP contribution in [0.1, 0.15) is 53.4 Å². The van der Waals surface area contributed by atoms with Crippen LogP contribution in [0.25, 0.3) is 11.0 Å². The molecule has 6 heteroatoms. The van der Waals surface area contributed by atoms with Crippen molar-refractivity contribution in [1.82, 2.24) is 9.55 Å². The summed E-state index contributed by atoms with van der Waals surface area (Å²) in [7, 11) is -0.465. The van der Waals surface area contributed by atoms with Crippen molar-refractivity contribution in [1.29, 1.82) is 0 Å². The Morgan fingerprint density at radius 1 is 1.13 bits per heavy atom. The van der Waals surface area contributed by atoms with E-state index in [1.165, 1.54) is 0 Å². The number of imidazole rings is 1. The van der Waals surface area contributed by atoms with E-state index in [2.05, 4.69) is 29.5 Å². The van der Waals surface area contributed by atoms with Gasteiger partial charge in [0.25, 0.3) is 0 Å². The summed E-state index contributed by atoms with van der Waals surface area (Å²) in [6, 6.07) is 4.29. The Balaban J connectivity index is 2.12. The second-order valence-electron chi connectivity index (χ2n) is 7.57. The minimum Gasteiger partial charge on any atom is -0.399 e. The summed E-state index contributed by atoms with van der Waals surface area (Å²) in [4.78, 5) is 4.62. The zero-order chi connectivity index (χ0) is 17.2. The van der Waals surface area contributed by atoms with Crippen molar-refractivity contribution >= 4 is 35.2 Å². The molecule has 1 aliphatic rings. The molecule has 1 aliphatic heterocycles. The lowest BCUT2D eigenvalue weighted by Crippen LogP contribution is -2.41. The lowest BCUT2D eigenvalue weighted by Gasteiger charge is -2.32. The highest BCUT2D eigenvalue weighted by Crippen LogP contribution is 2.37. The Hall–Kier alpha value is -1.04. The molecule has 1 fully saturated rings. The first-order chi connectivity index (χ1) is 10.5. The van der Waals surface area contributed by atoms with E-state index in [-0.39, 0.29) is 11.2 Å². The van der Waals surface area contributed by atoms with Crippen molar-refractivity contribution in [3.8, 4) is 0 Å². The smallest absolute Gasteiger partial charge is 0.399 e. The number of aromatic nitrogens is 2. The number of fused-ring (bicyclic) bond motifs is 1. The maximum atomic E-state index is 6.50. The van der Waals surface area contributed by atoms with Gasteiger partial charge in [0.2, 0.25) is 0 Å². The zero-order valence-corrected chi connectivity index (χ0v) is 15.7. The van der Waals surface area contributed by atoms with Gasteiger partial charge in [-0.05, 0) is 60.6 Å². The molecule has 3 rings (SSSR count). The summed E-state index contributed by atoms with van der Waals surface area (Å²) in [5, 5.41) is 0.629. The largest absolute Gasteiger partial charge is 0.496 e. The highest BCUT2D eigenvalue weighted by molar-refractivity contribution is 6.66. The highest BCUT2D eigenvalue weighted by Gasteiger charge is 2.52. The second-order valence-corrected chi connectivity index (χ2v) is 7.98. The Bertz CT molecular complexity index is 752. The summed E-state index contributed by atoms with van der Waals surface area (Å²) < 4.78 is 14.5. The molecule has 0 spiro atoms. The molecule has 1 aromatic carbocycles. The van der Waals surface area contributed by atoms with E-state index >= 15 is 0 Å². The van der Waals surface area contributed by atoms with E-state index < -0.39 is 7.12 Å². The molecular formula is C17H24BClN2O2. The number of hydrogen-bond acceptors (Lipinski definition) is 3. The third-order valence-electron chi connectivity index (χ3n) is 5.01. The van der Waals surface area contributed by atoms with Gasteiger partial charge >= 0.3 is 7.12 Å². The minimum absolute atomic E-state index is 0.326. The Labute approximate surface area is 143 Å². The van der Waals surface area contributed by atoms with E-state index in [0.717, 1.165) is 22.3 Å². The molecule has 0 saturated carbocycles. The summed E-state index contributed by atoms with van der Waals surface area (Å²) in [6.07, 6.45) is 0. The van der Waals surface area contributed by atoms with E-state index in [9.17, 15) is 0 Å². The van der Waals surface area contributed by atoms with Gasteiger partial charge in [0.1, 0.15) is 5.82 Å². The molecule has 1 saturated heterocycles. The number of hydrogen-bond donors (Lipinski definition) is 0. The first-order valence-electron chi connectivity index (χ1n) is 8.07. The topological polar surface area (TPSA) is 36.3 Å². The van der Waals surface area contributed by atoms with E-state index in [1.54, 1.807) is 0 Å². The molecule has 4 nitrogen and oxygen atoms in total. The molecule has 0 radical (unpaired) electrons. The Kier molecular flexibility index (Phi) is 3.82. The third kappa shape index (κ3) is 2.59. The molecule has 0 bridgehead atoms. The number of rotatable bonds is 2. The molecule has 0 aliphatic carbocycles. The quantitative estimate of drug-likeness (QED) is 0.782. The van der Waals surface area contributed by atoms with Crippen LogP contribution >= 0.6 is 11.6 Å². The van der Waals surface area contributed by atoms with Crippen LogP contribution in [0.15, 0.2) is 12.1 Å². The zero-order valence-electron chi connectivity index (χ0n) is 14.9. The van der Waals surface area contributed by atoms with Crippen LogP contribution in [0, 0.1) is 6.92 Å². The lowest BCUT2D eigenvalue weighted by atomic mass is 9.79. The molecule has 0 amide bonds. The number of halogens is 1. The van der Waals surface area contributed by atoms with Crippen molar-refractivity contribution in [2.24, 2.45) is 0 Å². The van der Waals surface area contributed by atoms with Crippen LogP contribution in [0.5, 0.6) is 0 Å². The molecule has 0 atom stereocenters. The van der Waals surface area contributed by atoms with E-state index in [4.69, 9.17) is 20.9 Å². The first-order valence-corrected chi connectivity index (χ1v) is 8.45. The number of benzene rings is 1. The maximum Gasteiger partial charge on any atom is 0.496 e. The van der Waals surface area contributed by atoms with Crippen LogP contribution in [-0.2, 0) is 9.31 Å². The van der Waals surface area contributed by atoms with Crippen molar-refractivity contribution in [2.75, 3.05) is 0 Å². The predicted molar refractivity (Wildman–Crippen MR) is 95.6 cm³/mol. The fourth-order valence-electron chi connectivity index (χ4n) is 3.05.